The monoisotopic (exact) mass is 276 g/mol. The summed E-state index contributed by atoms with van der Waals surface area (Å²) < 4.78 is 7.18. The lowest BCUT2D eigenvalue weighted by atomic mass is 10.4. The lowest BCUT2D eigenvalue weighted by Crippen LogP contribution is -2.10. The van der Waals surface area contributed by atoms with E-state index in [4.69, 9.17) is 10.5 Å². The van der Waals surface area contributed by atoms with Crippen molar-refractivity contribution in [2.75, 3.05) is 24.2 Å². The molecule has 0 unspecified atom stereocenters. The average Bonchev–Trinajstić information content (AvgIpc) is 2.94. The molecule has 0 saturated heterocycles. The molecule has 0 spiro atoms. The molecule has 3 N–H and O–H groups in total. The highest BCUT2D eigenvalue weighted by Gasteiger charge is 2.02. The average molecular weight is 276 g/mol. The van der Waals surface area contributed by atoms with Crippen LogP contribution in [0.2, 0.25) is 0 Å². The van der Waals surface area contributed by atoms with Gasteiger partial charge in [0.1, 0.15) is 18.2 Å². The van der Waals surface area contributed by atoms with Crippen LogP contribution in [0.4, 0.5) is 11.6 Å². The zero-order valence-electron chi connectivity index (χ0n) is 11.6. The van der Waals surface area contributed by atoms with Crippen LogP contribution in [-0.2, 0) is 17.9 Å². The molecule has 2 aromatic heterocycles. The van der Waals surface area contributed by atoms with Crippen LogP contribution in [0.1, 0.15) is 19.2 Å². The van der Waals surface area contributed by atoms with Gasteiger partial charge in [-0.2, -0.15) is 5.10 Å². The number of aryl methyl sites for hydroxylation is 1. The van der Waals surface area contributed by atoms with E-state index in [1.807, 2.05) is 23.9 Å². The Morgan fingerprint density at radius 1 is 1.40 bits per heavy atom. The molecule has 2 rings (SSSR count). The third-order valence-corrected chi connectivity index (χ3v) is 2.66. The van der Waals surface area contributed by atoms with E-state index in [2.05, 4.69) is 20.4 Å². The molecule has 2 aromatic rings. The summed E-state index contributed by atoms with van der Waals surface area (Å²) >= 11 is 0. The SMILES string of the molecule is CCOCc1nc(N)cc(NCCCn2cccn2)n1. The van der Waals surface area contributed by atoms with Gasteiger partial charge in [0.15, 0.2) is 5.82 Å². The highest BCUT2D eigenvalue weighted by Crippen LogP contribution is 2.09. The summed E-state index contributed by atoms with van der Waals surface area (Å²) in [6.07, 6.45) is 4.67. The number of ether oxygens (including phenoxy) is 1. The second-order valence-electron chi connectivity index (χ2n) is 4.28. The summed E-state index contributed by atoms with van der Waals surface area (Å²) in [5.74, 6) is 1.78. The Morgan fingerprint density at radius 3 is 3.05 bits per heavy atom. The fraction of sp³-hybridized carbons (Fsp3) is 0.462. The normalized spacial score (nSPS) is 10.7. The van der Waals surface area contributed by atoms with E-state index in [0.29, 0.717) is 24.9 Å². The predicted molar refractivity (Wildman–Crippen MR) is 77.1 cm³/mol. The largest absolute Gasteiger partial charge is 0.384 e. The summed E-state index contributed by atoms with van der Waals surface area (Å²) in [4.78, 5) is 8.48. The minimum atomic E-state index is 0.378. The van der Waals surface area contributed by atoms with Crippen LogP contribution in [0.3, 0.4) is 0 Å². The van der Waals surface area contributed by atoms with Gasteiger partial charge in [0.25, 0.3) is 0 Å². The molecule has 108 valence electrons. The number of hydrogen-bond donors (Lipinski definition) is 2. The summed E-state index contributed by atoms with van der Waals surface area (Å²) in [5, 5.41) is 7.39. The van der Waals surface area contributed by atoms with Gasteiger partial charge in [-0.1, -0.05) is 0 Å². The van der Waals surface area contributed by atoms with Gasteiger partial charge in [-0.05, 0) is 19.4 Å². The molecule has 20 heavy (non-hydrogen) atoms. The van der Waals surface area contributed by atoms with Crippen molar-refractivity contribution in [1.29, 1.82) is 0 Å². The number of nitrogens with zero attached hydrogens (tertiary/aromatic N) is 4. The quantitative estimate of drug-likeness (QED) is 0.706. The molecule has 0 bridgehead atoms. The van der Waals surface area contributed by atoms with Crippen LogP contribution in [0, 0.1) is 0 Å². The summed E-state index contributed by atoms with van der Waals surface area (Å²) in [5.41, 5.74) is 5.75. The van der Waals surface area contributed by atoms with Gasteiger partial charge < -0.3 is 15.8 Å². The molecule has 2 heterocycles. The van der Waals surface area contributed by atoms with Crippen LogP contribution >= 0.6 is 0 Å². The van der Waals surface area contributed by atoms with E-state index in [1.54, 1.807) is 12.3 Å². The zero-order chi connectivity index (χ0) is 14.2. The number of hydrogen-bond acceptors (Lipinski definition) is 6. The lowest BCUT2D eigenvalue weighted by Gasteiger charge is -2.08. The highest BCUT2D eigenvalue weighted by molar-refractivity contribution is 5.44. The van der Waals surface area contributed by atoms with E-state index in [9.17, 15) is 0 Å². The smallest absolute Gasteiger partial charge is 0.158 e. The van der Waals surface area contributed by atoms with Crippen LogP contribution < -0.4 is 11.1 Å². The molecular weight excluding hydrogens is 256 g/mol. The van der Waals surface area contributed by atoms with Crippen molar-refractivity contribution < 1.29 is 4.74 Å². The fourth-order valence-corrected chi connectivity index (χ4v) is 1.76. The maximum Gasteiger partial charge on any atom is 0.158 e. The Kier molecular flexibility index (Phi) is 5.31. The van der Waals surface area contributed by atoms with Gasteiger partial charge in [-0.15, -0.1) is 0 Å². The van der Waals surface area contributed by atoms with Crippen molar-refractivity contribution in [3.63, 3.8) is 0 Å². The Labute approximate surface area is 118 Å². The molecule has 0 atom stereocenters. The summed E-state index contributed by atoms with van der Waals surface area (Å²) in [6.45, 7) is 4.60. The predicted octanol–water partition coefficient (Wildman–Crippen LogP) is 1.29. The van der Waals surface area contributed by atoms with Crippen molar-refractivity contribution in [1.82, 2.24) is 19.7 Å². The van der Waals surface area contributed by atoms with Crippen molar-refractivity contribution in [3.8, 4) is 0 Å². The number of nitrogens with one attached hydrogen (secondary N) is 1. The van der Waals surface area contributed by atoms with E-state index in [-0.39, 0.29) is 0 Å². The van der Waals surface area contributed by atoms with E-state index >= 15 is 0 Å². The van der Waals surface area contributed by atoms with Crippen LogP contribution in [-0.4, -0.2) is 32.9 Å². The second kappa shape index (κ2) is 7.44. The standard InChI is InChI=1S/C13H20N6O/c1-2-20-10-13-17-11(14)9-12(18-13)15-5-3-7-19-8-4-6-16-19/h4,6,8-9H,2-3,5,7,10H2,1H3,(H3,14,15,17,18). The van der Waals surface area contributed by atoms with Gasteiger partial charge in [0.05, 0.1) is 0 Å². The number of anilines is 2. The number of nitrogen functional groups attached to an aromatic ring is 1. The first-order valence-electron chi connectivity index (χ1n) is 6.70. The third kappa shape index (κ3) is 4.51. The molecule has 7 heteroatoms. The molecule has 0 aliphatic heterocycles. The molecule has 0 aliphatic rings. The maximum absolute atomic E-state index is 5.75. The Balaban J connectivity index is 1.80. The van der Waals surface area contributed by atoms with Gasteiger partial charge >= 0.3 is 0 Å². The van der Waals surface area contributed by atoms with Crippen LogP contribution in [0.5, 0.6) is 0 Å². The summed E-state index contributed by atoms with van der Waals surface area (Å²) in [6, 6.07) is 3.64. The number of nitrogens with two attached hydrogens (primary N) is 1. The van der Waals surface area contributed by atoms with E-state index < -0.39 is 0 Å². The Hall–Kier alpha value is -2.15. The minimum absolute atomic E-state index is 0.378. The molecule has 0 aromatic carbocycles. The molecule has 7 nitrogen and oxygen atoms in total. The fourth-order valence-electron chi connectivity index (χ4n) is 1.76. The van der Waals surface area contributed by atoms with Crippen LogP contribution in [0.15, 0.2) is 24.5 Å². The van der Waals surface area contributed by atoms with Crippen molar-refractivity contribution >= 4 is 11.6 Å². The number of aromatic nitrogens is 4. The first kappa shape index (κ1) is 14.3. The van der Waals surface area contributed by atoms with E-state index in [0.717, 1.165) is 25.3 Å². The molecular formula is C13H20N6O. The molecule has 0 fully saturated rings. The lowest BCUT2D eigenvalue weighted by molar-refractivity contribution is 0.128. The first-order chi connectivity index (χ1) is 9.78. The molecule has 0 radical (unpaired) electrons. The Morgan fingerprint density at radius 2 is 2.30 bits per heavy atom. The first-order valence-corrected chi connectivity index (χ1v) is 6.70. The third-order valence-electron chi connectivity index (χ3n) is 2.66. The van der Waals surface area contributed by atoms with Crippen molar-refractivity contribution in [2.24, 2.45) is 0 Å². The Bertz CT molecular complexity index is 514. The second-order valence-corrected chi connectivity index (χ2v) is 4.28. The maximum atomic E-state index is 5.75. The van der Waals surface area contributed by atoms with Crippen LogP contribution in [0.25, 0.3) is 0 Å². The van der Waals surface area contributed by atoms with Gasteiger partial charge in [0, 0.05) is 38.2 Å². The van der Waals surface area contributed by atoms with Gasteiger partial charge in [0.2, 0.25) is 0 Å². The van der Waals surface area contributed by atoms with Gasteiger partial charge in [-0.3, -0.25) is 4.68 Å². The molecule has 0 amide bonds. The topological polar surface area (TPSA) is 90.9 Å². The van der Waals surface area contributed by atoms with Gasteiger partial charge in [-0.25, -0.2) is 9.97 Å². The van der Waals surface area contributed by atoms with Crippen molar-refractivity contribution in [3.05, 3.63) is 30.4 Å². The number of rotatable bonds is 8. The van der Waals surface area contributed by atoms with E-state index in [1.165, 1.54) is 0 Å². The van der Waals surface area contributed by atoms with Crippen molar-refractivity contribution in [2.45, 2.75) is 26.5 Å². The molecule has 0 saturated carbocycles. The summed E-state index contributed by atoms with van der Waals surface area (Å²) in [7, 11) is 0. The highest BCUT2D eigenvalue weighted by atomic mass is 16.5. The zero-order valence-corrected chi connectivity index (χ0v) is 11.6. The molecule has 0 aliphatic carbocycles. The minimum Gasteiger partial charge on any atom is -0.384 e.